The monoisotopic (exact) mass is 368 g/mol. The molecule has 5 rings (SSSR count). The Morgan fingerprint density at radius 2 is 2.11 bits per heavy atom. The summed E-state index contributed by atoms with van der Waals surface area (Å²) in [5.74, 6) is 0.295. The summed E-state index contributed by atoms with van der Waals surface area (Å²) in [7, 11) is 0. The molecule has 0 bridgehead atoms. The van der Waals surface area contributed by atoms with Crippen molar-refractivity contribution in [2.75, 3.05) is 6.54 Å². The van der Waals surface area contributed by atoms with Crippen LogP contribution in [0.1, 0.15) is 44.8 Å². The van der Waals surface area contributed by atoms with Gasteiger partial charge in [-0.05, 0) is 63.0 Å². The molecule has 0 amide bonds. The Morgan fingerprint density at radius 1 is 1.30 bits per heavy atom. The van der Waals surface area contributed by atoms with E-state index in [0.29, 0.717) is 6.54 Å². The smallest absolute Gasteiger partial charge is 0.163 e. The maximum absolute atomic E-state index is 8.73. The highest BCUT2D eigenvalue weighted by Gasteiger charge is 2.54. The zero-order chi connectivity index (χ0) is 18.6. The van der Waals surface area contributed by atoms with Gasteiger partial charge in [0.25, 0.3) is 0 Å². The van der Waals surface area contributed by atoms with Crippen LogP contribution in [0.25, 0.3) is 21.5 Å². The highest BCUT2D eigenvalue weighted by Crippen LogP contribution is 2.48. The van der Waals surface area contributed by atoms with E-state index < -0.39 is 5.79 Å². The molecule has 3 aliphatic rings. The lowest BCUT2D eigenvalue weighted by Crippen LogP contribution is -2.27. The summed E-state index contributed by atoms with van der Waals surface area (Å²) in [6.07, 6.45) is 8.12. The van der Waals surface area contributed by atoms with Gasteiger partial charge in [0, 0.05) is 23.0 Å². The summed E-state index contributed by atoms with van der Waals surface area (Å²) in [5, 5.41) is 4.94. The molecular formula is C19H24N6O2. The van der Waals surface area contributed by atoms with Crippen LogP contribution in [-0.4, -0.2) is 39.1 Å². The number of hydrogen-bond acceptors (Lipinski definition) is 5. The molecule has 142 valence electrons. The van der Waals surface area contributed by atoms with Crippen LogP contribution in [0.5, 0.6) is 0 Å². The van der Waals surface area contributed by atoms with E-state index in [1.54, 1.807) is 6.33 Å². The topological polar surface area (TPSA) is 97.9 Å². The van der Waals surface area contributed by atoms with E-state index in [-0.39, 0.29) is 24.2 Å². The van der Waals surface area contributed by atoms with Crippen LogP contribution in [0.2, 0.25) is 0 Å². The Hall–Kier alpha value is -2.15. The van der Waals surface area contributed by atoms with Crippen LogP contribution in [0.15, 0.2) is 23.7 Å². The van der Waals surface area contributed by atoms with Crippen molar-refractivity contribution in [1.29, 1.82) is 0 Å². The van der Waals surface area contributed by atoms with Gasteiger partial charge in [-0.15, -0.1) is 0 Å². The number of azide groups is 1. The van der Waals surface area contributed by atoms with Gasteiger partial charge >= 0.3 is 0 Å². The second-order valence-corrected chi connectivity index (χ2v) is 8.47. The van der Waals surface area contributed by atoms with Gasteiger partial charge in [-0.2, -0.15) is 0 Å². The molecule has 2 aromatic heterocycles. The number of hydrogen-bond donors (Lipinski definition) is 0. The zero-order valence-corrected chi connectivity index (χ0v) is 15.7. The molecule has 3 fully saturated rings. The fourth-order valence-electron chi connectivity index (χ4n) is 4.70. The van der Waals surface area contributed by atoms with Crippen molar-refractivity contribution in [1.82, 2.24) is 14.5 Å². The standard InChI is InChI=1S/C19H24N6O2/c1-19(2)26-16-12(9-23-24-20)8-15(17(16)27-19)25-6-5-13-14(7-11-3-4-11)21-10-22-18(13)25/h5-6,10-12,15-17H,3-4,7-9H2,1-2H3/t12-,15-,16-,17+/m1/s1. The minimum Gasteiger partial charge on any atom is -0.344 e. The molecule has 2 aliphatic carbocycles. The number of fused-ring (bicyclic) bond motifs is 2. The van der Waals surface area contributed by atoms with Crippen LogP contribution in [-0.2, 0) is 15.9 Å². The predicted octanol–water partition coefficient (Wildman–Crippen LogP) is 3.78. The lowest BCUT2D eigenvalue weighted by atomic mass is 10.1. The summed E-state index contributed by atoms with van der Waals surface area (Å²) in [5.41, 5.74) is 10.8. The summed E-state index contributed by atoms with van der Waals surface area (Å²) in [6, 6.07) is 2.24. The summed E-state index contributed by atoms with van der Waals surface area (Å²) >= 11 is 0. The molecule has 1 saturated heterocycles. The van der Waals surface area contributed by atoms with Crippen molar-refractivity contribution in [2.24, 2.45) is 17.0 Å². The van der Waals surface area contributed by atoms with Crippen molar-refractivity contribution < 1.29 is 9.47 Å². The predicted molar refractivity (Wildman–Crippen MR) is 98.9 cm³/mol. The summed E-state index contributed by atoms with van der Waals surface area (Å²) in [4.78, 5) is 12.1. The molecule has 0 spiro atoms. The fraction of sp³-hybridized carbons (Fsp3) is 0.684. The van der Waals surface area contributed by atoms with Gasteiger partial charge in [0.05, 0.1) is 17.8 Å². The van der Waals surface area contributed by atoms with E-state index in [1.807, 2.05) is 13.8 Å². The zero-order valence-electron chi connectivity index (χ0n) is 15.7. The fourth-order valence-corrected chi connectivity index (χ4v) is 4.70. The van der Waals surface area contributed by atoms with E-state index in [0.717, 1.165) is 35.5 Å². The second kappa shape index (κ2) is 6.19. The van der Waals surface area contributed by atoms with Crippen LogP contribution >= 0.6 is 0 Å². The van der Waals surface area contributed by atoms with Crippen molar-refractivity contribution >= 4 is 11.0 Å². The Kier molecular flexibility index (Phi) is 3.89. The van der Waals surface area contributed by atoms with Crippen molar-refractivity contribution in [3.8, 4) is 0 Å². The van der Waals surface area contributed by atoms with Crippen molar-refractivity contribution in [3.05, 3.63) is 34.7 Å². The molecule has 2 aromatic rings. The first-order chi connectivity index (χ1) is 13.1. The summed E-state index contributed by atoms with van der Waals surface area (Å²) < 4.78 is 14.6. The summed E-state index contributed by atoms with van der Waals surface area (Å²) in [6.45, 7) is 4.31. The van der Waals surface area contributed by atoms with Crippen molar-refractivity contribution in [2.45, 2.75) is 63.6 Å². The third-order valence-electron chi connectivity index (χ3n) is 6.06. The maximum atomic E-state index is 8.73. The second-order valence-electron chi connectivity index (χ2n) is 8.47. The number of nitrogens with zero attached hydrogens (tertiary/aromatic N) is 6. The van der Waals surface area contributed by atoms with E-state index in [2.05, 4.69) is 36.8 Å². The largest absolute Gasteiger partial charge is 0.344 e. The van der Waals surface area contributed by atoms with Gasteiger partial charge < -0.3 is 14.0 Å². The van der Waals surface area contributed by atoms with E-state index in [9.17, 15) is 0 Å². The quantitative estimate of drug-likeness (QED) is 0.455. The first-order valence-corrected chi connectivity index (χ1v) is 9.72. The third kappa shape index (κ3) is 2.98. The molecule has 0 unspecified atom stereocenters. The maximum Gasteiger partial charge on any atom is 0.163 e. The highest BCUT2D eigenvalue weighted by atomic mass is 16.8. The first kappa shape index (κ1) is 17.0. The molecule has 3 heterocycles. The van der Waals surface area contributed by atoms with E-state index >= 15 is 0 Å². The Bertz CT molecular complexity index is 914. The average Bonchev–Trinajstić information content (AvgIpc) is 3.12. The first-order valence-electron chi connectivity index (χ1n) is 9.72. The SMILES string of the molecule is CC1(C)O[C@@H]2[C@@H](CN=[N+]=[N-])C[C@@H](n3ccc4c(CC5CC5)ncnc43)[C@@H]2O1. The normalized spacial score (nSPS) is 31.8. The van der Waals surface area contributed by atoms with Gasteiger partial charge in [0.1, 0.15) is 18.1 Å². The molecule has 1 aliphatic heterocycles. The van der Waals surface area contributed by atoms with E-state index in [1.165, 1.54) is 12.8 Å². The lowest BCUT2D eigenvalue weighted by Gasteiger charge is -2.24. The Labute approximate surface area is 157 Å². The molecular weight excluding hydrogens is 344 g/mol. The Morgan fingerprint density at radius 3 is 2.89 bits per heavy atom. The molecule has 2 saturated carbocycles. The molecule has 8 heteroatoms. The molecule has 0 N–H and O–H groups in total. The van der Waals surface area contributed by atoms with Crippen LogP contribution in [0, 0.1) is 11.8 Å². The molecule has 0 aromatic carbocycles. The van der Waals surface area contributed by atoms with Gasteiger partial charge in [-0.25, -0.2) is 9.97 Å². The highest BCUT2D eigenvalue weighted by molar-refractivity contribution is 5.78. The molecule has 27 heavy (non-hydrogen) atoms. The van der Waals surface area contributed by atoms with E-state index in [4.69, 9.17) is 15.0 Å². The lowest BCUT2D eigenvalue weighted by molar-refractivity contribution is -0.159. The van der Waals surface area contributed by atoms with Gasteiger partial charge in [-0.3, -0.25) is 0 Å². The average molecular weight is 368 g/mol. The number of ether oxygens (including phenoxy) is 2. The van der Waals surface area contributed by atoms with Crippen LogP contribution in [0.4, 0.5) is 0 Å². The Balaban J connectivity index is 1.50. The molecule has 0 radical (unpaired) electrons. The third-order valence-corrected chi connectivity index (χ3v) is 6.06. The minimum atomic E-state index is -0.627. The number of rotatable bonds is 5. The van der Waals surface area contributed by atoms with Gasteiger partial charge in [0.2, 0.25) is 0 Å². The van der Waals surface area contributed by atoms with Crippen molar-refractivity contribution in [3.63, 3.8) is 0 Å². The van der Waals surface area contributed by atoms with Crippen LogP contribution < -0.4 is 0 Å². The van der Waals surface area contributed by atoms with Crippen LogP contribution in [0.3, 0.4) is 0 Å². The number of aromatic nitrogens is 3. The van der Waals surface area contributed by atoms with Gasteiger partial charge in [-0.1, -0.05) is 5.11 Å². The molecule has 4 atom stereocenters. The molecule has 8 nitrogen and oxygen atoms in total. The van der Waals surface area contributed by atoms with Gasteiger partial charge in [0.15, 0.2) is 5.79 Å². The minimum absolute atomic E-state index is 0.0688.